The van der Waals surface area contributed by atoms with E-state index in [2.05, 4.69) is 25.6 Å². The van der Waals surface area contributed by atoms with Gasteiger partial charge in [-0.2, -0.15) is 0 Å². The monoisotopic (exact) mass is 413 g/mol. The number of carbonyl (C=O) groups is 1. The number of H-pyrrole nitrogens is 2. The molecule has 0 aromatic carbocycles. The van der Waals surface area contributed by atoms with Crippen molar-refractivity contribution >= 4 is 33.3 Å². The normalized spacial score (nSPS) is 22.0. The average molecular weight is 414 g/mol. The predicted octanol–water partition coefficient (Wildman–Crippen LogP) is 2.59. The number of anilines is 1. The SMILES string of the molecule is O=C(NC1CC1)c1cc2[nH]c(-c3c(NC4CCC(O)CC4)cc[nH]c3=O)nc2s1. The van der Waals surface area contributed by atoms with Gasteiger partial charge in [0.05, 0.1) is 22.2 Å². The lowest BCUT2D eigenvalue weighted by Crippen LogP contribution is -2.29. The van der Waals surface area contributed by atoms with Crippen molar-refractivity contribution in [2.24, 2.45) is 0 Å². The number of thiophene rings is 1. The van der Waals surface area contributed by atoms with Gasteiger partial charge in [-0.05, 0) is 50.7 Å². The van der Waals surface area contributed by atoms with E-state index >= 15 is 0 Å². The van der Waals surface area contributed by atoms with E-state index in [1.54, 1.807) is 12.3 Å². The van der Waals surface area contributed by atoms with Crippen LogP contribution in [0.4, 0.5) is 5.69 Å². The van der Waals surface area contributed by atoms with E-state index in [-0.39, 0.29) is 23.6 Å². The molecule has 1 amide bonds. The van der Waals surface area contributed by atoms with E-state index in [9.17, 15) is 14.7 Å². The Kier molecular flexibility index (Phi) is 4.63. The summed E-state index contributed by atoms with van der Waals surface area (Å²) in [6.07, 6.45) is 6.73. The quantitative estimate of drug-likeness (QED) is 0.440. The fourth-order valence-corrected chi connectivity index (χ4v) is 4.69. The molecule has 0 atom stereocenters. The fraction of sp³-hybridized carbons (Fsp3) is 0.450. The van der Waals surface area contributed by atoms with Gasteiger partial charge in [-0.25, -0.2) is 4.98 Å². The van der Waals surface area contributed by atoms with E-state index in [0.29, 0.717) is 27.1 Å². The molecule has 3 aromatic rings. The van der Waals surface area contributed by atoms with Crippen molar-refractivity contribution in [2.45, 2.75) is 56.7 Å². The minimum Gasteiger partial charge on any atom is -0.393 e. The van der Waals surface area contributed by atoms with Crippen molar-refractivity contribution in [3.63, 3.8) is 0 Å². The number of nitrogens with zero attached hydrogens (tertiary/aromatic N) is 1. The number of imidazole rings is 1. The molecule has 5 rings (SSSR count). The molecule has 0 saturated heterocycles. The third-order valence-corrected chi connectivity index (χ3v) is 6.60. The number of carbonyl (C=O) groups excluding carboxylic acids is 1. The van der Waals surface area contributed by atoms with Crippen LogP contribution in [-0.4, -0.2) is 44.2 Å². The van der Waals surface area contributed by atoms with E-state index in [0.717, 1.165) is 49.7 Å². The number of amides is 1. The zero-order valence-electron chi connectivity index (χ0n) is 15.8. The lowest BCUT2D eigenvalue weighted by atomic mass is 9.93. The van der Waals surface area contributed by atoms with Crippen LogP contribution in [0.25, 0.3) is 21.7 Å². The second kappa shape index (κ2) is 7.31. The van der Waals surface area contributed by atoms with Crippen molar-refractivity contribution in [1.82, 2.24) is 20.3 Å². The summed E-state index contributed by atoms with van der Waals surface area (Å²) in [6.45, 7) is 0. The lowest BCUT2D eigenvalue weighted by molar-refractivity contribution is 0.0955. The third-order valence-electron chi connectivity index (χ3n) is 5.57. The first kappa shape index (κ1) is 18.4. The van der Waals surface area contributed by atoms with Crippen molar-refractivity contribution < 1.29 is 9.90 Å². The number of rotatable bonds is 5. The Balaban J connectivity index is 1.42. The minimum atomic E-state index is -0.227. The highest BCUT2D eigenvalue weighted by Crippen LogP contribution is 2.31. The van der Waals surface area contributed by atoms with Gasteiger partial charge in [-0.1, -0.05) is 0 Å². The van der Waals surface area contributed by atoms with Gasteiger partial charge >= 0.3 is 0 Å². The molecule has 0 spiro atoms. The number of pyridine rings is 1. The first-order valence-corrected chi connectivity index (χ1v) is 10.9. The van der Waals surface area contributed by atoms with E-state index in [1.165, 1.54) is 11.3 Å². The minimum absolute atomic E-state index is 0.0650. The lowest BCUT2D eigenvalue weighted by Gasteiger charge is -2.27. The number of aromatic amines is 2. The summed E-state index contributed by atoms with van der Waals surface area (Å²) in [6, 6.07) is 4.16. The Labute approximate surface area is 170 Å². The second-order valence-corrected chi connectivity index (χ2v) is 8.94. The molecule has 2 aliphatic rings. The molecule has 0 bridgehead atoms. The van der Waals surface area contributed by atoms with Crippen molar-refractivity contribution in [2.75, 3.05) is 5.32 Å². The van der Waals surface area contributed by atoms with Crippen LogP contribution in [0.15, 0.2) is 23.1 Å². The molecule has 3 aromatic heterocycles. The molecule has 0 radical (unpaired) electrons. The van der Waals surface area contributed by atoms with Gasteiger partial charge in [0.2, 0.25) is 0 Å². The van der Waals surface area contributed by atoms with Crippen LogP contribution >= 0.6 is 11.3 Å². The highest BCUT2D eigenvalue weighted by Gasteiger charge is 2.26. The van der Waals surface area contributed by atoms with Crippen LogP contribution in [0.5, 0.6) is 0 Å². The number of hydrogen-bond donors (Lipinski definition) is 5. The van der Waals surface area contributed by atoms with Gasteiger partial charge < -0.3 is 25.7 Å². The topological polar surface area (TPSA) is 123 Å². The van der Waals surface area contributed by atoms with Crippen LogP contribution in [0.3, 0.4) is 0 Å². The number of nitrogens with one attached hydrogen (secondary N) is 4. The van der Waals surface area contributed by atoms with Gasteiger partial charge in [0, 0.05) is 18.3 Å². The predicted molar refractivity (Wildman–Crippen MR) is 112 cm³/mol. The molecule has 0 unspecified atom stereocenters. The zero-order valence-corrected chi connectivity index (χ0v) is 16.6. The van der Waals surface area contributed by atoms with Gasteiger partial charge in [0.15, 0.2) is 0 Å². The van der Waals surface area contributed by atoms with Gasteiger partial charge in [-0.15, -0.1) is 11.3 Å². The van der Waals surface area contributed by atoms with Crippen molar-refractivity contribution in [1.29, 1.82) is 0 Å². The van der Waals surface area contributed by atoms with Gasteiger partial charge in [-0.3, -0.25) is 9.59 Å². The van der Waals surface area contributed by atoms with Crippen LogP contribution in [-0.2, 0) is 0 Å². The molecule has 0 aliphatic heterocycles. The third kappa shape index (κ3) is 3.79. The van der Waals surface area contributed by atoms with Crippen molar-refractivity contribution in [3.05, 3.63) is 33.6 Å². The molecule has 152 valence electrons. The molecule has 2 aliphatic carbocycles. The number of fused-ring (bicyclic) bond motifs is 1. The molecule has 2 saturated carbocycles. The summed E-state index contributed by atoms with van der Waals surface area (Å²) < 4.78 is 0. The molecular weight excluding hydrogens is 390 g/mol. The Hall–Kier alpha value is -2.65. The maximum atomic E-state index is 12.6. The molecule has 9 heteroatoms. The highest BCUT2D eigenvalue weighted by atomic mass is 32.1. The molecule has 3 heterocycles. The summed E-state index contributed by atoms with van der Waals surface area (Å²) in [7, 11) is 0. The number of aliphatic hydroxyl groups excluding tert-OH is 1. The summed E-state index contributed by atoms with van der Waals surface area (Å²) in [5.74, 6) is 0.422. The van der Waals surface area contributed by atoms with Crippen molar-refractivity contribution in [3.8, 4) is 11.4 Å². The zero-order chi connectivity index (χ0) is 20.0. The molecule has 8 nitrogen and oxygen atoms in total. The Morgan fingerprint density at radius 3 is 2.66 bits per heavy atom. The molecule has 5 N–H and O–H groups in total. The largest absolute Gasteiger partial charge is 0.393 e. The Bertz CT molecular complexity index is 1070. The Morgan fingerprint density at radius 2 is 1.93 bits per heavy atom. The maximum absolute atomic E-state index is 12.6. The second-order valence-electron chi connectivity index (χ2n) is 7.91. The van der Waals surface area contributed by atoms with E-state index < -0.39 is 0 Å². The number of aliphatic hydroxyl groups is 1. The van der Waals surface area contributed by atoms with E-state index in [1.807, 2.05) is 6.07 Å². The van der Waals surface area contributed by atoms with Crippen LogP contribution < -0.4 is 16.2 Å². The summed E-state index contributed by atoms with van der Waals surface area (Å²) in [5.41, 5.74) is 1.72. The van der Waals surface area contributed by atoms with Crippen LogP contribution in [0.2, 0.25) is 0 Å². The summed E-state index contributed by atoms with van der Waals surface area (Å²) >= 11 is 1.32. The summed E-state index contributed by atoms with van der Waals surface area (Å²) in [5, 5.41) is 16.1. The first-order chi connectivity index (χ1) is 14.1. The maximum Gasteiger partial charge on any atom is 0.261 e. The number of aromatic nitrogens is 3. The molecule has 2 fully saturated rings. The number of hydrogen-bond acceptors (Lipinski definition) is 6. The van der Waals surface area contributed by atoms with Crippen LogP contribution in [0, 0.1) is 0 Å². The Morgan fingerprint density at radius 1 is 1.17 bits per heavy atom. The standard InChI is InChI=1S/C20H23N5O3S/c26-12-5-3-10(4-6-12)22-13-7-8-21-19(28)16(13)17-24-14-9-15(29-20(14)25-17)18(27)23-11-1-2-11/h7-12,26H,1-6H2,(H,23,27)(H,24,25)(H2,21,22,28). The van der Waals surface area contributed by atoms with Crippen LogP contribution in [0.1, 0.15) is 48.2 Å². The molecular formula is C20H23N5O3S. The smallest absolute Gasteiger partial charge is 0.261 e. The fourth-order valence-electron chi connectivity index (χ4n) is 3.80. The van der Waals surface area contributed by atoms with Gasteiger partial charge in [0.1, 0.15) is 16.2 Å². The van der Waals surface area contributed by atoms with Gasteiger partial charge in [0.25, 0.3) is 11.5 Å². The first-order valence-electron chi connectivity index (χ1n) is 10.0. The average Bonchev–Trinajstić information content (AvgIpc) is 3.28. The highest BCUT2D eigenvalue weighted by molar-refractivity contribution is 7.20. The van der Waals surface area contributed by atoms with E-state index in [4.69, 9.17) is 0 Å². The molecule has 29 heavy (non-hydrogen) atoms. The summed E-state index contributed by atoms with van der Waals surface area (Å²) in [4.78, 5) is 36.7.